The maximum Gasteiger partial charge on any atom is 0.240 e. The Labute approximate surface area is 155 Å². The van der Waals surface area contributed by atoms with Crippen LogP contribution in [0.4, 0.5) is 4.39 Å². The van der Waals surface area contributed by atoms with Gasteiger partial charge < -0.3 is 4.74 Å². The van der Waals surface area contributed by atoms with Crippen molar-refractivity contribution in [2.45, 2.75) is 18.4 Å². The highest BCUT2D eigenvalue weighted by Gasteiger charge is 2.16. The summed E-state index contributed by atoms with van der Waals surface area (Å²) >= 11 is 1.59. The molecule has 0 saturated heterocycles. The van der Waals surface area contributed by atoms with Gasteiger partial charge in [-0.1, -0.05) is 6.07 Å². The van der Waals surface area contributed by atoms with Gasteiger partial charge in [0, 0.05) is 12.2 Å². The normalized spacial score (nSPS) is 11.7. The predicted molar refractivity (Wildman–Crippen MR) is 98.4 cm³/mol. The summed E-state index contributed by atoms with van der Waals surface area (Å²) in [5, 5.41) is 6.48. The van der Waals surface area contributed by atoms with Crippen LogP contribution in [-0.4, -0.2) is 31.9 Å². The summed E-state index contributed by atoms with van der Waals surface area (Å²) in [5.41, 5.74) is 1.79. The van der Waals surface area contributed by atoms with Crippen LogP contribution >= 0.6 is 11.3 Å². The molecule has 26 heavy (non-hydrogen) atoms. The number of nitrogens with zero attached hydrogens (tertiary/aromatic N) is 2. The molecule has 0 fully saturated rings. The molecule has 0 unspecified atom stereocenters. The molecule has 9 heteroatoms. The number of nitrogens with one attached hydrogen (secondary N) is 1. The Morgan fingerprint density at radius 3 is 2.77 bits per heavy atom. The van der Waals surface area contributed by atoms with Crippen LogP contribution in [0.5, 0.6) is 5.75 Å². The number of thiophene rings is 1. The maximum absolute atomic E-state index is 13.7. The predicted octanol–water partition coefficient (Wildman–Crippen LogP) is 3.05. The number of aryl methyl sites for hydroxylation is 1. The van der Waals surface area contributed by atoms with Crippen LogP contribution in [0.1, 0.15) is 5.69 Å². The van der Waals surface area contributed by atoms with Crippen LogP contribution in [0.25, 0.3) is 10.6 Å². The van der Waals surface area contributed by atoms with Crippen LogP contribution < -0.4 is 9.46 Å². The third-order valence-electron chi connectivity index (χ3n) is 3.80. The zero-order valence-corrected chi connectivity index (χ0v) is 15.9. The number of hydrogen-bond donors (Lipinski definition) is 1. The van der Waals surface area contributed by atoms with E-state index in [1.165, 1.54) is 19.2 Å². The lowest BCUT2D eigenvalue weighted by atomic mass is 10.3. The molecule has 2 aromatic heterocycles. The highest BCUT2D eigenvalue weighted by molar-refractivity contribution is 7.89. The Bertz CT molecular complexity index is 998. The molecule has 0 radical (unpaired) electrons. The van der Waals surface area contributed by atoms with Gasteiger partial charge in [0.25, 0.3) is 0 Å². The monoisotopic (exact) mass is 395 g/mol. The van der Waals surface area contributed by atoms with E-state index in [1.807, 2.05) is 30.5 Å². The third-order valence-corrected chi connectivity index (χ3v) is 6.16. The third kappa shape index (κ3) is 3.95. The summed E-state index contributed by atoms with van der Waals surface area (Å²) in [4.78, 5) is 0.911. The summed E-state index contributed by atoms with van der Waals surface area (Å²) in [6.45, 7) is 2.43. The highest BCUT2D eigenvalue weighted by atomic mass is 32.2. The second-order valence-electron chi connectivity index (χ2n) is 5.57. The quantitative estimate of drug-likeness (QED) is 0.667. The average molecular weight is 395 g/mol. The molecule has 2 heterocycles. The minimum atomic E-state index is -3.81. The van der Waals surface area contributed by atoms with Crippen molar-refractivity contribution in [2.75, 3.05) is 13.7 Å². The number of methoxy groups -OCH3 is 1. The molecule has 0 bridgehead atoms. The summed E-state index contributed by atoms with van der Waals surface area (Å²) < 4.78 is 47.3. The van der Waals surface area contributed by atoms with E-state index in [0.29, 0.717) is 6.54 Å². The van der Waals surface area contributed by atoms with Crippen LogP contribution in [0.3, 0.4) is 0 Å². The van der Waals surface area contributed by atoms with E-state index in [0.717, 1.165) is 22.3 Å². The second kappa shape index (κ2) is 7.56. The summed E-state index contributed by atoms with van der Waals surface area (Å²) in [7, 11) is -2.49. The molecule has 3 rings (SSSR count). The fourth-order valence-electron chi connectivity index (χ4n) is 2.46. The minimum Gasteiger partial charge on any atom is -0.494 e. The molecule has 1 N–H and O–H groups in total. The fraction of sp³-hybridized carbons (Fsp3) is 0.235. The molecule has 0 aliphatic carbocycles. The average Bonchev–Trinajstić information content (AvgIpc) is 3.25. The van der Waals surface area contributed by atoms with Gasteiger partial charge in [-0.05, 0) is 42.6 Å². The largest absolute Gasteiger partial charge is 0.494 e. The first-order valence-electron chi connectivity index (χ1n) is 7.82. The number of hydrogen-bond acceptors (Lipinski definition) is 5. The van der Waals surface area contributed by atoms with Crippen molar-refractivity contribution in [3.8, 4) is 16.3 Å². The number of benzene rings is 1. The molecule has 0 amide bonds. The lowest BCUT2D eigenvalue weighted by Gasteiger charge is -2.09. The molecule has 138 valence electrons. The van der Waals surface area contributed by atoms with Gasteiger partial charge in [0.15, 0.2) is 11.6 Å². The maximum atomic E-state index is 13.7. The van der Waals surface area contributed by atoms with Gasteiger partial charge in [-0.25, -0.2) is 17.5 Å². The van der Waals surface area contributed by atoms with Gasteiger partial charge in [-0.3, -0.25) is 4.68 Å². The lowest BCUT2D eigenvalue weighted by Crippen LogP contribution is -2.28. The summed E-state index contributed by atoms with van der Waals surface area (Å²) in [6, 6.07) is 9.43. The van der Waals surface area contributed by atoms with Crippen molar-refractivity contribution < 1.29 is 17.5 Å². The van der Waals surface area contributed by atoms with Gasteiger partial charge in [-0.2, -0.15) is 5.10 Å². The van der Waals surface area contributed by atoms with E-state index in [1.54, 1.807) is 16.0 Å². The molecule has 6 nitrogen and oxygen atoms in total. The number of sulfonamides is 1. The van der Waals surface area contributed by atoms with E-state index in [2.05, 4.69) is 9.82 Å². The summed E-state index contributed by atoms with van der Waals surface area (Å²) in [5.74, 6) is -0.726. The van der Waals surface area contributed by atoms with Crippen molar-refractivity contribution in [3.63, 3.8) is 0 Å². The van der Waals surface area contributed by atoms with E-state index < -0.39 is 15.8 Å². The minimum absolute atomic E-state index is 0.00257. The Morgan fingerprint density at radius 2 is 2.12 bits per heavy atom. The first kappa shape index (κ1) is 18.6. The lowest BCUT2D eigenvalue weighted by molar-refractivity contribution is 0.385. The van der Waals surface area contributed by atoms with Gasteiger partial charge in [-0.15, -0.1) is 11.3 Å². The SMILES string of the molecule is COc1ccc(S(=O)(=O)NCCn2nc(-c3cccs3)cc2C)cc1F. The van der Waals surface area contributed by atoms with Gasteiger partial charge in [0.05, 0.1) is 23.4 Å². The smallest absolute Gasteiger partial charge is 0.240 e. The molecule has 0 aliphatic heterocycles. The highest BCUT2D eigenvalue weighted by Crippen LogP contribution is 2.24. The molecular formula is C17H18FN3O3S2. The molecule has 0 spiro atoms. The molecule has 0 aliphatic rings. The molecule has 0 saturated carbocycles. The first-order valence-corrected chi connectivity index (χ1v) is 10.2. The zero-order chi connectivity index (χ0) is 18.7. The summed E-state index contributed by atoms with van der Waals surface area (Å²) in [6.07, 6.45) is 0. The van der Waals surface area contributed by atoms with Crippen molar-refractivity contribution in [2.24, 2.45) is 0 Å². The van der Waals surface area contributed by atoms with Crippen molar-refractivity contribution in [3.05, 3.63) is 53.3 Å². The van der Waals surface area contributed by atoms with Crippen molar-refractivity contribution >= 4 is 21.4 Å². The molecule has 1 aromatic carbocycles. The van der Waals surface area contributed by atoms with Crippen LogP contribution in [0, 0.1) is 12.7 Å². The van der Waals surface area contributed by atoms with Crippen LogP contribution in [0.2, 0.25) is 0 Å². The Balaban J connectivity index is 1.67. The number of rotatable bonds is 7. The van der Waals surface area contributed by atoms with Crippen molar-refractivity contribution in [1.29, 1.82) is 0 Å². The number of aromatic nitrogens is 2. The second-order valence-corrected chi connectivity index (χ2v) is 8.28. The Hall–Kier alpha value is -2.23. The van der Waals surface area contributed by atoms with Crippen LogP contribution in [0.15, 0.2) is 46.7 Å². The zero-order valence-electron chi connectivity index (χ0n) is 14.3. The standard InChI is InChI=1S/C17H18FN3O3S2/c1-12-10-15(17-4-3-9-25-17)20-21(12)8-7-19-26(22,23)13-5-6-16(24-2)14(18)11-13/h3-6,9-11,19H,7-8H2,1-2H3. The Kier molecular flexibility index (Phi) is 5.40. The molecule has 3 aromatic rings. The van der Waals surface area contributed by atoms with Gasteiger partial charge >= 0.3 is 0 Å². The first-order chi connectivity index (χ1) is 12.4. The van der Waals surface area contributed by atoms with Crippen LogP contribution in [-0.2, 0) is 16.6 Å². The van der Waals surface area contributed by atoms with E-state index in [-0.39, 0.29) is 17.2 Å². The van der Waals surface area contributed by atoms with Gasteiger partial charge in [0.1, 0.15) is 5.69 Å². The fourth-order valence-corrected chi connectivity index (χ4v) is 4.18. The Morgan fingerprint density at radius 1 is 1.31 bits per heavy atom. The van der Waals surface area contributed by atoms with E-state index in [4.69, 9.17) is 4.74 Å². The molecular weight excluding hydrogens is 377 g/mol. The van der Waals surface area contributed by atoms with Crippen molar-refractivity contribution in [1.82, 2.24) is 14.5 Å². The van der Waals surface area contributed by atoms with Gasteiger partial charge in [0.2, 0.25) is 10.0 Å². The van der Waals surface area contributed by atoms with E-state index in [9.17, 15) is 12.8 Å². The number of halogens is 1. The number of ether oxygens (including phenoxy) is 1. The molecule has 0 atom stereocenters. The van der Waals surface area contributed by atoms with E-state index >= 15 is 0 Å². The topological polar surface area (TPSA) is 73.2 Å².